The quantitative estimate of drug-likeness (QED) is 0.260. The number of fused-ring (bicyclic) bond motifs is 1. The summed E-state index contributed by atoms with van der Waals surface area (Å²) in [5.41, 5.74) is 5.35. The molecule has 8 heteroatoms. The Kier molecular flexibility index (Phi) is 7.32. The molecule has 1 fully saturated rings. The zero-order valence-electron chi connectivity index (χ0n) is 23.6. The van der Waals surface area contributed by atoms with Gasteiger partial charge in [0.15, 0.2) is 0 Å². The maximum absolute atomic E-state index is 15.4. The van der Waals surface area contributed by atoms with Crippen molar-refractivity contribution in [3.63, 3.8) is 0 Å². The molecule has 7 nitrogen and oxygen atoms in total. The summed E-state index contributed by atoms with van der Waals surface area (Å²) in [5, 5.41) is 3.94. The lowest BCUT2D eigenvalue weighted by Gasteiger charge is -2.29. The van der Waals surface area contributed by atoms with E-state index in [1.807, 2.05) is 32.0 Å². The second-order valence-corrected chi connectivity index (χ2v) is 10.7. The van der Waals surface area contributed by atoms with Crippen LogP contribution in [0.1, 0.15) is 36.9 Å². The molecule has 0 amide bonds. The average molecular weight is 549 g/mol. The lowest BCUT2D eigenvalue weighted by molar-refractivity contribution is 0.255. The Morgan fingerprint density at radius 1 is 0.976 bits per heavy atom. The van der Waals surface area contributed by atoms with Crippen molar-refractivity contribution in [3.05, 3.63) is 100 Å². The molecule has 0 saturated carbocycles. The molecule has 41 heavy (non-hydrogen) atoms. The number of hydrogen-bond donors (Lipinski definition) is 1. The number of likely N-dealkylation sites (tertiary alicyclic amines) is 1. The number of nitrogens with one attached hydrogen (secondary N) is 1. The second-order valence-electron chi connectivity index (χ2n) is 10.7. The summed E-state index contributed by atoms with van der Waals surface area (Å²) in [4.78, 5) is 29.4. The molecule has 6 rings (SSSR count). The molecule has 208 valence electrons. The minimum absolute atomic E-state index is 0.247. The molecule has 5 aromatic rings. The Balaban J connectivity index is 1.29. The number of hydrogen-bond acceptors (Lipinski definition) is 6. The number of aryl methyl sites for hydroxylation is 2. The van der Waals surface area contributed by atoms with Crippen molar-refractivity contribution in [2.75, 3.05) is 25.5 Å². The van der Waals surface area contributed by atoms with Gasteiger partial charge in [0.2, 0.25) is 5.95 Å². The number of aromatic nitrogens is 4. The number of piperidine rings is 1. The predicted molar refractivity (Wildman–Crippen MR) is 162 cm³/mol. The summed E-state index contributed by atoms with van der Waals surface area (Å²) in [5.74, 6) is 0.528. The van der Waals surface area contributed by atoms with Gasteiger partial charge in [-0.25, -0.2) is 9.37 Å². The SMILES string of the molecule is CCn1c(=O)c(-c2ccc(-c3cccnc3C)cc2F)cc2cnc(Nc3ccc(C4CCN(C)CC4)cc3)nc21. The highest BCUT2D eigenvalue weighted by Gasteiger charge is 2.19. The van der Waals surface area contributed by atoms with E-state index in [4.69, 9.17) is 0 Å². The van der Waals surface area contributed by atoms with E-state index in [9.17, 15) is 4.79 Å². The summed E-state index contributed by atoms with van der Waals surface area (Å²) < 4.78 is 17.0. The number of halogens is 1. The van der Waals surface area contributed by atoms with Crippen LogP contribution >= 0.6 is 0 Å². The molecule has 0 aliphatic carbocycles. The van der Waals surface area contributed by atoms with Gasteiger partial charge in [-0.1, -0.05) is 30.3 Å². The van der Waals surface area contributed by atoms with Gasteiger partial charge in [-0.2, -0.15) is 4.98 Å². The topological polar surface area (TPSA) is 75.9 Å². The first-order valence-electron chi connectivity index (χ1n) is 14.1. The van der Waals surface area contributed by atoms with Gasteiger partial charge in [0.05, 0.1) is 5.56 Å². The van der Waals surface area contributed by atoms with E-state index < -0.39 is 5.82 Å². The van der Waals surface area contributed by atoms with Crippen molar-refractivity contribution in [1.82, 2.24) is 24.4 Å². The largest absolute Gasteiger partial charge is 0.324 e. The van der Waals surface area contributed by atoms with Crippen LogP contribution in [0, 0.1) is 12.7 Å². The highest BCUT2D eigenvalue weighted by Crippen LogP contribution is 2.30. The zero-order chi connectivity index (χ0) is 28.5. The normalized spacial score (nSPS) is 14.4. The Morgan fingerprint density at radius 2 is 1.76 bits per heavy atom. The molecule has 0 unspecified atom stereocenters. The highest BCUT2D eigenvalue weighted by molar-refractivity contribution is 5.82. The number of rotatable bonds is 6. The van der Waals surface area contributed by atoms with Gasteiger partial charge in [-0.05, 0) is 94.2 Å². The number of benzene rings is 2. The van der Waals surface area contributed by atoms with E-state index in [2.05, 4.69) is 56.5 Å². The molecule has 0 radical (unpaired) electrons. The molecule has 1 N–H and O–H groups in total. The third kappa shape index (κ3) is 5.35. The fourth-order valence-corrected chi connectivity index (χ4v) is 5.71. The molecule has 1 aliphatic heterocycles. The van der Waals surface area contributed by atoms with Crippen LogP contribution in [-0.4, -0.2) is 44.6 Å². The first-order chi connectivity index (χ1) is 19.9. The van der Waals surface area contributed by atoms with Crippen LogP contribution in [0.25, 0.3) is 33.3 Å². The minimum Gasteiger partial charge on any atom is -0.324 e. The molecule has 4 heterocycles. The fraction of sp³-hybridized carbons (Fsp3) is 0.273. The fourth-order valence-electron chi connectivity index (χ4n) is 5.71. The summed E-state index contributed by atoms with van der Waals surface area (Å²) in [6.45, 7) is 6.41. The summed E-state index contributed by atoms with van der Waals surface area (Å²) in [7, 11) is 2.17. The molecule has 0 atom stereocenters. The van der Waals surface area contributed by atoms with Crippen molar-refractivity contribution in [2.45, 2.75) is 39.2 Å². The minimum atomic E-state index is -0.465. The molecular weight excluding hydrogens is 515 g/mol. The molecule has 1 aliphatic rings. The second kappa shape index (κ2) is 11.2. The van der Waals surface area contributed by atoms with Crippen molar-refractivity contribution in [3.8, 4) is 22.3 Å². The van der Waals surface area contributed by atoms with Crippen LogP contribution in [0.3, 0.4) is 0 Å². The van der Waals surface area contributed by atoms with Gasteiger partial charge in [-0.3, -0.25) is 14.3 Å². The Hall–Kier alpha value is -4.43. The average Bonchev–Trinajstić information content (AvgIpc) is 2.98. The first kappa shape index (κ1) is 26.8. The standard InChI is InChI=1S/C33H33FN6O/c1-4-40-31-25(18-29(32(40)41)28-12-9-24(19-30(28)34)27-6-5-15-35-21(27)2)20-36-33(38-31)37-26-10-7-22(8-11-26)23-13-16-39(3)17-14-23/h5-12,15,18-20,23H,4,13-14,16-17H2,1-3H3,(H,36,37,38). The van der Waals surface area contributed by atoms with Gasteiger partial charge in [0.25, 0.3) is 5.56 Å². The number of pyridine rings is 2. The van der Waals surface area contributed by atoms with Gasteiger partial charge in [-0.15, -0.1) is 0 Å². The van der Waals surface area contributed by atoms with Crippen molar-refractivity contribution >= 4 is 22.7 Å². The molecule has 2 aromatic carbocycles. The highest BCUT2D eigenvalue weighted by atomic mass is 19.1. The maximum Gasteiger partial charge on any atom is 0.260 e. The summed E-state index contributed by atoms with van der Waals surface area (Å²) in [6, 6.07) is 18.8. The van der Waals surface area contributed by atoms with Crippen LogP contribution in [0.15, 0.2) is 77.9 Å². The number of anilines is 2. The van der Waals surface area contributed by atoms with E-state index in [-0.39, 0.29) is 16.7 Å². The third-order valence-electron chi connectivity index (χ3n) is 8.08. The first-order valence-corrected chi connectivity index (χ1v) is 14.1. The van der Waals surface area contributed by atoms with Gasteiger partial charge in [0.1, 0.15) is 11.5 Å². The van der Waals surface area contributed by atoms with Crippen molar-refractivity contribution in [2.24, 2.45) is 0 Å². The molecular formula is C33H33FN6O. The van der Waals surface area contributed by atoms with E-state index in [1.54, 1.807) is 29.1 Å². The Labute approximate surface area is 238 Å². The Morgan fingerprint density at radius 3 is 2.46 bits per heavy atom. The van der Waals surface area contributed by atoms with Crippen molar-refractivity contribution in [1.29, 1.82) is 0 Å². The molecule has 0 bridgehead atoms. The van der Waals surface area contributed by atoms with Crippen LogP contribution < -0.4 is 10.9 Å². The van der Waals surface area contributed by atoms with Gasteiger partial charge < -0.3 is 10.2 Å². The van der Waals surface area contributed by atoms with Gasteiger partial charge in [0, 0.05) is 46.8 Å². The lowest BCUT2D eigenvalue weighted by Crippen LogP contribution is -2.29. The van der Waals surface area contributed by atoms with Crippen LogP contribution in [0.5, 0.6) is 0 Å². The molecule has 0 spiro atoms. The predicted octanol–water partition coefficient (Wildman–Crippen LogP) is 6.54. The smallest absolute Gasteiger partial charge is 0.260 e. The van der Waals surface area contributed by atoms with Crippen LogP contribution in [0.2, 0.25) is 0 Å². The monoisotopic (exact) mass is 548 g/mol. The maximum atomic E-state index is 15.4. The Bertz CT molecular complexity index is 1770. The lowest BCUT2D eigenvalue weighted by atomic mass is 9.89. The zero-order valence-corrected chi connectivity index (χ0v) is 23.6. The van der Waals surface area contributed by atoms with Crippen LogP contribution in [0.4, 0.5) is 16.0 Å². The van der Waals surface area contributed by atoms with Gasteiger partial charge >= 0.3 is 0 Å². The van der Waals surface area contributed by atoms with E-state index >= 15 is 4.39 Å². The van der Waals surface area contributed by atoms with E-state index in [0.717, 1.165) is 30.0 Å². The van der Waals surface area contributed by atoms with Crippen LogP contribution in [-0.2, 0) is 6.54 Å². The summed E-state index contributed by atoms with van der Waals surface area (Å²) in [6.07, 6.45) is 5.73. The number of nitrogens with zero attached hydrogens (tertiary/aromatic N) is 5. The third-order valence-corrected chi connectivity index (χ3v) is 8.08. The van der Waals surface area contributed by atoms with Crippen molar-refractivity contribution < 1.29 is 4.39 Å². The van der Waals surface area contributed by atoms with E-state index in [1.165, 1.54) is 24.5 Å². The summed E-state index contributed by atoms with van der Waals surface area (Å²) >= 11 is 0. The molecule has 3 aromatic heterocycles. The molecule has 1 saturated heterocycles. The van der Waals surface area contributed by atoms with E-state index in [0.29, 0.717) is 35.0 Å².